The number of fused-ring (bicyclic) bond motifs is 1. The van der Waals surface area contributed by atoms with Gasteiger partial charge in [-0.2, -0.15) is 0 Å². The Balaban J connectivity index is 2.70. The first-order valence-corrected chi connectivity index (χ1v) is 4.99. The van der Waals surface area contributed by atoms with Crippen LogP contribution in [0.15, 0.2) is 6.07 Å². The quantitative estimate of drug-likeness (QED) is 0.554. The Hall–Kier alpha value is -1.79. The van der Waals surface area contributed by atoms with E-state index in [-0.39, 0.29) is 23.3 Å². The van der Waals surface area contributed by atoms with Gasteiger partial charge in [0, 0.05) is 12.0 Å². The van der Waals surface area contributed by atoms with Crippen LogP contribution in [0.25, 0.3) is 0 Å². The lowest BCUT2D eigenvalue weighted by Crippen LogP contribution is -2.29. The van der Waals surface area contributed by atoms with E-state index in [1.54, 1.807) is 0 Å². The van der Waals surface area contributed by atoms with Crippen LogP contribution >= 0.6 is 0 Å². The third kappa shape index (κ3) is 1.62. The van der Waals surface area contributed by atoms with Crippen molar-refractivity contribution in [3.63, 3.8) is 0 Å². The van der Waals surface area contributed by atoms with Gasteiger partial charge in [0.05, 0.1) is 18.8 Å². The average molecular weight is 240 g/mol. The lowest BCUT2D eigenvalue weighted by atomic mass is 9.85. The van der Waals surface area contributed by atoms with Gasteiger partial charge in [-0.3, -0.25) is 4.79 Å². The highest BCUT2D eigenvalue weighted by molar-refractivity contribution is 6.02. The average Bonchev–Trinajstić information content (AvgIpc) is 2.25. The fourth-order valence-electron chi connectivity index (χ4n) is 2.00. The predicted molar refractivity (Wildman–Crippen MR) is 56.2 cm³/mol. The standard InChI is InChI=1S/C11H12O6/c1-17-11-7(14)2-4-8(10(11)16)5(12)3-6(13)9(4)15/h2,6,9,13-16H,3H2,1H3/t6-,9+/m0/s1. The number of aromatic hydroxyl groups is 2. The summed E-state index contributed by atoms with van der Waals surface area (Å²) in [6.45, 7) is 0. The molecule has 1 aromatic rings. The number of rotatable bonds is 1. The lowest BCUT2D eigenvalue weighted by molar-refractivity contribution is 0.00825. The molecule has 0 aliphatic heterocycles. The molecule has 2 atom stereocenters. The van der Waals surface area contributed by atoms with Gasteiger partial charge in [-0.05, 0) is 6.07 Å². The number of aliphatic hydroxyl groups is 2. The van der Waals surface area contributed by atoms with Crippen LogP contribution in [0.2, 0.25) is 0 Å². The number of hydrogen-bond acceptors (Lipinski definition) is 6. The van der Waals surface area contributed by atoms with Crippen LogP contribution in [0.5, 0.6) is 17.2 Å². The second-order valence-corrected chi connectivity index (χ2v) is 3.88. The summed E-state index contributed by atoms with van der Waals surface area (Å²) >= 11 is 0. The Morgan fingerprint density at radius 2 is 2.00 bits per heavy atom. The van der Waals surface area contributed by atoms with Gasteiger partial charge in [0.1, 0.15) is 6.10 Å². The van der Waals surface area contributed by atoms with Crippen molar-refractivity contribution in [1.29, 1.82) is 0 Å². The molecule has 0 unspecified atom stereocenters. The first-order valence-electron chi connectivity index (χ1n) is 4.99. The summed E-state index contributed by atoms with van der Waals surface area (Å²) in [6, 6.07) is 1.11. The molecule has 6 nitrogen and oxygen atoms in total. The molecular weight excluding hydrogens is 228 g/mol. The Kier molecular flexibility index (Phi) is 2.68. The van der Waals surface area contributed by atoms with Crippen molar-refractivity contribution >= 4 is 5.78 Å². The molecule has 0 saturated heterocycles. The van der Waals surface area contributed by atoms with Crippen LogP contribution in [-0.4, -0.2) is 39.4 Å². The fourth-order valence-corrected chi connectivity index (χ4v) is 2.00. The second kappa shape index (κ2) is 3.90. The van der Waals surface area contributed by atoms with Gasteiger partial charge in [0.25, 0.3) is 0 Å². The number of ether oxygens (including phenoxy) is 1. The highest BCUT2D eigenvalue weighted by Gasteiger charge is 2.36. The van der Waals surface area contributed by atoms with E-state index in [0.717, 1.165) is 6.07 Å². The van der Waals surface area contributed by atoms with Crippen LogP contribution < -0.4 is 4.74 Å². The largest absolute Gasteiger partial charge is 0.504 e. The monoisotopic (exact) mass is 240 g/mol. The first kappa shape index (κ1) is 11.7. The van der Waals surface area contributed by atoms with Crippen molar-refractivity contribution in [3.05, 3.63) is 17.2 Å². The molecule has 2 rings (SSSR count). The van der Waals surface area contributed by atoms with Crippen molar-refractivity contribution in [3.8, 4) is 17.2 Å². The maximum Gasteiger partial charge on any atom is 0.203 e. The van der Waals surface area contributed by atoms with Crippen molar-refractivity contribution in [2.75, 3.05) is 7.11 Å². The predicted octanol–water partition coefficient (Wildman–Crippen LogP) is 0.0871. The van der Waals surface area contributed by atoms with Crippen LogP contribution in [0.3, 0.4) is 0 Å². The molecule has 17 heavy (non-hydrogen) atoms. The third-order valence-electron chi connectivity index (χ3n) is 2.83. The number of aliphatic hydroxyl groups excluding tert-OH is 2. The van der Waals surface area contributed by atoms with Gasteiger partial charge < -0.3 is 25.2 Å². The summed E-state index contributed by atoms with van der Waals surface area (Å²) in [7, 11) is 1.24. The normalized spacial score (nSPS) is 23.4. The zero-order chi connectivity index (χ0) is 12.7. The van der Waals surface area contributed by atoms with E-state index >= 15 is 0 Å². The molecule has 4 N–H and O–H groups in total. The van der Waals surface area contributed by atoms with E-state index in [1.807, 2.05) is 0 Å². The van der Waals surface area contributed by atoms with Crippen molar-refractivity contribution in [2.24, 2.45) is 0 Å². The molecule has 92 valence electrons. The van der Waals surface area contributed by atoms with Crippen molar-refractivity contribution in [1.82, 2.24) is 0 Å². The van der Waals surface area contributed by atoms with E-state index in [1.165, 1.54) is 7.11 Å². The van der Waals surface area contributed by atoms with Gasteiger partial charge in [-0.15, -0.1) is 0 Å². The van der Waals surface area contributed by atoms with Gasteiger partial charge in [0.15, 0.2) is 17.3 Å². The molecule has 1 aliphatic carbocycles. The van der Waals surface area contributed by atoms with Gasteiger partial charge >= 0.3 is 0 Å². The van der Waals surface area contributed by atoms with E-state index < -0.39 is 29.5 Å². The number of methoxy groups -OCH3 is 1. The zero-order valence-corrected chi connectivity index (χ0v) is 9.04. The molecule has 0 fully saturated rings. The zero-order valence-electron chi connectivity index (χ0n) is 9.04. The smallest absolute Gasteiger partial charge is 0.203 e. The molecule has 1 aliphatic rings. The molecule has 0 amide bonds. The summed E-state index contributed by atoms with van der Waals surface area (Å²) in [5.41, 5.74) is -0.109. The molecule has 0 saturated carbocycles. The van der Waals surface area contributed by atoms with E-state index in [4.69, 9.17) is 4.74 Å². The van der Waals surface area contributed by atoms with Crippen molar-refractivity contribution in [2.45, 2.75) is 18.6 Å². The number of carbonyl (C=O) groups excluding carboxylic acids is 1. The SMILES string of the molecule is COc1c(O)cc2c(c1O)C(=O)C[C@H](O)[C@@H]2O. The van der Waals surface area contributed by atoms with Gasteiger partial charge in [-0.1, -0.05) is 0 Å². The van der Waals surface area contributed by atoms with Crippen LogP contribution in [0.1, 0.15) is 28.4 Å². The minimum atomic E-state index is -1.31. The molecule has 0 aromatic heterocycles. The van der Waals surface area contributed by atoms with Gasteiger partial charge in [0.2, 0.25) is 5.75 Å². The van der Waals surface area contributed by atoms with Crippen LogP contribution in [0.4, 0.5) is 0 Å². The van der Waals surface area contributed by atoms with Gasteiger partial charge in [-0.25, -0.2) is 0 Å². The maximum absolute atomic E-state index is 11.7. The fraction of sp³-hybridized carbons (Fsp3) is 0.364. The minimum Gasteiger partial charge on any atom is -0.504 e. The van der Waals surface area contributed by atoms with Crippen LogP contribution in [-0.2, 0) is 0 Å². The maximum atomic E-state index is 11.7. The summed E-state index contributed by atoms with van der Waals surface area (Å²) in [5, 5.41) is 38.5. The van der Waals surface area contributed by atoms with Crippen molar-refractivity contribution < 1.29 is 30.0 Å². The molecule has 1 aromatic carbocycles. The number of phenols is 2. The molecule has 0 spiro atoms. The number of hydrogen-bond donors (Lipinski definition) is 4. The number of Topliss-reactive ketones (excluding diaryl/α,β-unsaturated/α-hetero) is 1. The Morgan fingerprint density at radius 1 is 1.35 bits per heavy atom. The summed E-state index contributed by atoms with van der Waals surface area (Å²) in [5.74, 6) is -1.64. The lowest BCUT2D eigenvalue weighted by Gasteiger charge is -2.26. The number of benzene rings is 1. The number of phenolic OH excluding ortho intramolecular Hbond substituents is 2. The molecule has 0 bridgehead atoms. The first-order chi connectivity index (χ1) is 7.97. The van der Waals surface area contributed by atoms with E-state index in [9.17, 15) is 25.2 Å². The molecular formula is C11H12O6. The molecule has 0 radical (unpaired) electrons. The summed E-state index contributed by atoms with van der Waals surface area (Å²) < 4.78 is 4.76. The Morgan fingerprint density at radius 3 is 2.59 bits per heavy atom. The van der Waals surface area contributed by atoms with Crippen LogP contribution in [0, 0.1) is 0 Å². The molecule has 0 heterocycles. The highest BCUT2D eigenvalue weighted by atomic mass is 16.5. The topological polar surface area (TPSA) is 107 Å². The number of carbonyl (C=O) groups is 1. The summed E-state index contributed by atoms with van der Waals surface area (Å²) in [6.07, 6.45) is -2.83. The van der Waals surface area contributed by atoms with E-state index in [0.29, 0.717) is 0 Å². The second-order valence-electron chi connectivity index (χ2n) is 3.88. The number of ketones is 1. The van der Waals surface area contributed by atoms with E-state index in [2.05, 4.69) is 0 Å². The minimum absolute atomic E-state index is 0.00421. The highest BCUT2D eigenvalue weighted by Crippen LogP contribution is 2.45. The summed E-state index contributed by atoms with van der Waals surface area (Å²) in [4.78, 5) is 11.7. The Bertz CT molecular complexity index is 481. The third-order valence-corrected chi connectivity index (χ3v) is 2.83. The molecule has 6 heteroatoms. The Labute approximate surface area is 96.7 Å².